The van der Waals surface area contributed by atoms with Gasteiger partial charge in [0, 0.05) is 11.6 Å². The van der Waals surface area contributed by atoms with Crippen molar-refractivity contribution < 1.29 is 14.3 Å². The summed E-state index contributed by atoms with van der Waals surface area (Å²) in [6.45, 7) is 3.82. The van der Waals surface area contributed by atoms with Crippen LogP contribution in [0.3, 0.4) is 0 Å². The average Bonchev–Trinajstić information content (AvgIpc) is 2.48. The van der Waals surface area contributed by atoms with E-state index in [-0.39, 0.29) is 17.6 Å². The zero-order valence-corrected chi connectivity index (χ0v) is 13.3. The van der Waals surface area contributed by atoms with Crippen LogP contribution in [0.5, 0.6) is 5.75 Å². The smallest absolute Gasteiger partial charge is 0.227 e. The molecule has 1 fully saturated rings. The minimum Gasteiger partial charge on any atom is -0.487 e. The van der Waals surface area contributed by atoms with Crippen molar-refractivity contribution >= 4 is 17.4 Å². The van der Waals surface area contributed by atoms with Crippen molar-refractivity contribution in [3.8, 4) is 5.75 Å². The molecule has 3 rings (SSSR count). The van der Waals surface area contributed by atoms with Crippen molar-refractivity contribution in [2.45, 2.75) is 58.0 Å². The van der Waals surface area contributed by atoms with Gasteiger partial charge >= 0.3 is 0 Å². The Morgan fingerprint density at radius 3 is 2.68 bits per heavy atom. The molecule has 4 heteroatoms. The lowest BCUT2D eigenvalue weighted by Gasteiger charge is -2.31. The van der Waals surface area contributed by atoms with Gasteiger partial charge in [0.15, 0.2) is 5.78 Å². The Morgan fingerprint density at radius 2 is 1.95 bits per heavy atom. The first-order chi connectivity index (χ1) is 10.4. The maximum atomic E-state index is 12.3. The van der Waals surface area contributed by atoms with Gasteiger partial charge in [0.1, 0.15) is 11.4 Å². The second kappa shape index (κ2) is 5.75. The van der Waals surface area contributed by atoms with Gasteiger partial charge in [0.25, 0.3) is 0 Å². The van der Waals surface area contributed by atoms with Crippen molar-refractivity contribution in [2.75, 3.05) is 5.32 Å². The Hall–Kier alpha value is -1.84. The summed E-state index contributed by atoms with van der Waals surface area (Å²) < 4.78 is 5.83. The molecule has 0 saturated heterocycles. The predicted octanol–water partition coefficient (Wildman–Crippen LogP) is 3.95. The van der Waals surface area contributed by atoms with Crippen molar-refractivity contribution in [1.29, 1.82) is 0 Å². The van der Waals surface area contributed by atoms with E-state index in [1.807, 2.05) is 19.9 Å². The lowest BCUT2D eigenvalue weighted by Crippen LogP contribution is -2.36. The van der Waals surface area contributed by atoms with Gasteiger partial charge in [0.05, 0.1) is 12.0 Å². The molecular weight excluding hydrogens is 278 g/mol. The lowest BCUT2D eigenvalue weighted by molar-refractivity contribution is -0.120. The third kappa shape index (κ3) is 3.16. The number of nitrogens with one attached hydrogen (secondary N) is 1. The fraction of sp³-hybridized carbons (Fsp3) is 0.556. The maximum Gasteiger partial charge on any atom is 0.227 e. The highest BCUT2D eigenvalue weighted by atomic mass is 16.5. The number of hydrogen-bond acceptors (Lipinski definition) is 3. The summed E-state index contributed by atoms with van der Waals surface area (Å²) in [4.78, 5) is 24.5. The van der Waals surface area contributed by atoms with E-state index in [1.54, 1.807) is 12.1 Å². The number of ether oxygens (including phenoxy) is 1. The normalized spacial score (nSPS) is 20.9. The molecule has 1 amide bonds. The highest BCUT2D eigenvalue weighted by Crippen LogP contribution is 2.35. The summed E-state index contributed by atoms with van der Waals surface area (Å²) in [6, 6.07) is 5.34. The molecule has 1 N–H and O–H groups in total. The van der Waals surface area contributed by atoms with E-state index in [0.29, 0.717) is 23.4 Å². The van der Waals surface area contributed by atoms with Crippen LogP contribution in [0.4, 0.5) is 5.69 Å². The Morgan fingerprint density at radius 1 is 1.23 bits per heavy atom. The van der Waals surface area contributed by atoms with Gasteiger partial charge in [-0.05, 0) is 44.9 Å². The van der Waals surface area contributed by atoms with Gasteiger partial charge in [-0.25, -0.2) is 0 Å². The van der Waals surface area contributed by atoms with Crippen LogP contribution in [0, 0.1) is 5.92 Å². The summed E-state index contributed by atoms with van der Waals surface area (Å²) in [5.41, 5.74) is 0.795. The van der Waals surface area contributed by atoms with E-state index >= 15 is 0 Å². The third-order valence-electron chi connectivity index (χ3n) is 4.50. The monoisotopic (exact) mass is 301 g/mol. The van der Waals surface area contributed by atoms with E-state index in [0.717, 1.165) is 25.7 Å². The average molecular weight is 301 g/mol. The number of ketones is 1. The van der Waals surface area contributed by atoms with E-state index in [1.165, 1.54) is 6.42 Å². The first kappa shape index (κ1) is 15.1. The van der Waals surface area contributed by atoms with Crippen LogP contribution in [0.1, 0.15) is 62.7 Å². The molecule has 0 spiro atoms. The van der Waals surface area contributed by atoms with E-state index in [2.05, 4.69) is 5.32 Å². The van der Waals surface area contributed by atoms with Crippen molar-refractivity contribution in [3.63, 3.8) is 0 Å². The van der Waals surface area contributed by atoms with Crippen LogP contribution < -0.4 is 10.1 Å². The van der Waals surface area contributed by atoms with Crippen LogP contribution in [0.15, 0.2) is 18.2 Å². The zero-order valence-electron chi connectivity index (χ0n) is 13.3. The molecule has 1 aliphatic heterocycles. The third-order valence-corrected chi connectivity index (χ3v) is 4.50. The van der Waals surface area contributed by atoms with E-state index in [9.17, 15) is 9.59 Å². The number of hydrogen-bond donors (Lipinski definition) is 1. The molecule has 1 aliphatic carbocycles. The van der Waals surface area contributed by atoms with Gasteiger partial charge < -0.3 is 10.1 Å². The van der Waals surface area contributed by atoms with Gasteiger partial charge in [0.2, 0.25) is 5.91 Å². The molecule has 4 nitrogen and oxygen atoms in total. The molecule has 0 radical (unpaired) electrons. The van der Waals surface area contributed by atoms with Crippen LogP contribution in [0.25, 0.3) is 0 Å². The number of Topliss-reactive ketones (excluding diaryl/α,β-unsaturated/α-hetero) is 1. The molecular formula is C18H23NO3. The summed E-state index contributed by atoms with van der Waals surface area (Å²) in [5.74, 6) is 0.858. The summed E-state index contributed by atoms with van der Waals surface area (Å²) in [5, 5.41) is 2.96. The van der Waals surface area contributed by atoms with Crippen molar-refractivity contribution in [1.82, 2.24) is 0 Å². The quantitative estimate of drug-likeness (QED) is 0.900. The molecule has 2 aliphatic rings. The number of rotatable bonds is 2. The number of fused-ring (bicyclic) bond motifs is 1. The molecule has 118 valence electrons. The fourth-order valence-electron chi connectivity index (χ4n) is 3.34. The number of anilines is 1. The Kier molecular flexibility index (Phi) is 3.94. The number of carbonyl (C=O) groups excluding carboxylic acids is 2. The Bertz CT molecular complexity index is 600. The minimum atomic E-state index is -0.461. The molecule has 1 aromatic rings. The lowest BCUT2D eigenvalue weighted by atomic mass is 9.88. The Labute approximate surface area is 131 Å². The van der Waals surface area contributed by atoms with Gasteiger partial charge in [-0.1, -0.05) is 19.3 Å². The molecule has 0 atom stereocenters. The Balaban J connectivity index is 1.75. The molecule has 0 aromatic heterocycles. The number of benzene rings is 1. The number of carbonyl (C=O) groups is 2. The molecule has 1 saturated carbocycles. The minimum absolute atomic E-state index is 0.0695. The second-order valence-corrected chi connectivity index (χ2v) is 7.00. The van der Waals surface area contributed by atoms with Crippen molar-refractivity contribution in [2.24, 2.45) is 5.92 Å². The largest absolute Gasteiger partial charge is 0.487 e. The first-order valence-corrected chi connectivity index (χ1v) is 8.12. The molecule has 22 heavy (non-hydrogen) atoms. The summed E-state index contributed by atoms with van der Waals surface area (Å²) in [6.07, 6.45) is 5.78. The summed E-state index contributed by atoms with van der Waals surface area (Å²) >= 11 is 0. The maximum absolute atomic E-state index is 12.3. The van der Waals surface area contributed by atoms with Gasteiger partial charge in [-0.15, -0.1) is 0 Å². The molecule has 0 bridgehead atoms. The van der Waals surface area contributed by atoms with Crippen LogP contribution >= 0.6 is 0 Å². The predicted molar refractivity (Wildman–Crippen MR) is 85.3 cm³/mol. The van der Waals surface area contributed by atoms with E-state index < -0.39 is 5.60 Å². The van der Waals surface area contributed by atoms with Crippen LogP contribution in [-0.2, 0) is 4.79 Å². The van der Waals surface area contributed by atoms with E-state index in [4.69, 9.17) is 4.74 Å². The standard InChI is InChI=1S/C18H23NO3/c1-18(2)11-15(20)14-10-13(8-9-16(14)22-18)19-17(21)12-6-4-3-5-7-12/h8-10,12H,3-7,11H2,1-2H3,(H,19,21). The number of amides is 1. The second-order valence-electron chi connectivity index (χ2n) is 7.00. The van der Waals surface area contributed by atoms with Crippen molar-refractivity contribution in [3.05, 3.63) is 23.8 Å². The summed E-state index contributed by atoms with van der Waals surface area (Å²) in [7, 11) is 0. The SMILES string of the molecule is CC1(C)CC(=O)c2cc(NC(=O)C3CCCCC3)ccc2O1. The first-order valence-electron chi connectivity index (χ1n) is 8.12. The molecule has 1 aromatic carbocycles. The highest BCUT2D eigenvalue weighted by molar-refractivity contribution is 6.02. The van der Waals surface area contributed by atoms with Gasteiger partial charge in [-0.3, -0.25) is 9.59 Å². The molecule has 1 heterocycles. The zero-order chi connectivity index (χ0) is 15.7. The van der Waals surface area contributed by atoms with Crippen LogP contribution in [0.2, 0.25) is 0 Å². The topological polar surface area (TPSA) is 55.4 Å². The van der Waals surface area contributed by atoms with Crippen LogP contribution in [-0.4, -0.2) is 17.3 Å². The molecule has 0 unspecified atom stereocenters. The van der Waals surface area contributed by atoms with Gasteiger partial charge in [-0.2, -0.15) is 0 Å². The highest BCUT2D eigenvalue weighted by Gasteiger charge is 2.32. The fourth-order valence-corrected chi connectivity index (χ4v) is 3.34.